The van der Waals surface area contributed by atoms with Crippen LogP contribution in [-0.2, 0) is 24.0 Å². The average molecular weight is 462 g/mol. The highest BCUT2D eigenvalue weighted by Crippen LogP contribution is 2.07. The highest BCUT2D eigenvalue weighted by atomic mass is 32.2. The van der Waals surface area contributed by atoms with E-state index in [0.29, 0.717) is 12.2 Å². The van der Waals surface area contributed by atoms with Gasteiger partial charge in [0.2, 0.25) is 23.6 Å². The Labute approximate surface area is 186 Å². The molecule has 11 nitrogen and oxygen atoms in total. The summed E-state index contributed by atoms with van der Waals surface area (Å²) in [7, 11) is 0. The summed E-state index contributed by atoms with van der Waals surface area (Å²) in [6, 6.07) is -4.11. The number of hydrogen-bond acceptors (Lipinski definition) is 7. The highest BCUT2D eigenvalue weighted by molar-refractivity contribution is 7.98. The Bertz CT molecular complexity index is 645. The van der Waals surface area contributed by atoms with Gasteiger partial charge in [0.1, 0.15) is 18.1 Å². The van der Waals surface area contributed by atoms with E-state index in [1.165, 1.54) is 18.7 Å². The van der Waals surface area contributed by atoms with E-state index in [0.717, 1.165) is 0 Å². The summed E-state index contributed by atoms with van der Waals surface area (Å²) >= 11 is 1.54. The summed E-state index contributed by atoms with van der Waals surface area (Å²) in [5.41, 5.74) is 10.9. The first-order valence-corrected chi connectivity index (χ1v) is 11.4. The fourth-order valence-corrected chi connectivity index (χ4v) is 3.07. The van der Waals surface area contributed by atoms with Crippen LogP contribution in [-0.4, -0.2) is 70.9 Å². The molecule has 4 unspecified atom stereocenters. The SMILES string of the molecule is CSCCC(N)C(=O)NC(C)C(=O)NC(CCC(N)=O)C(=O)NC(CC(C)C)C(=O)O. The Balaban J connectivity index is 5.13. The zero-order chi connectivity index (χ0) is 24.1. The number of amides is 4. The first-order chi connectivity index (χ1) is 14.4. The molecule has 0 bridgehead atoms. The number of carboxylic acids is 1. The molecule has 0 aromatic carbocycles. The summed E-state index contributed by atoms with van der Waals surface area (Å²) in [6.07, 6.45) is 2.21. The molecule has 178 valence electrons. The van der Waals surface area contributed by atoms with Crippen molar-refractivity contribution in [1.82, 2.24) is 16.0 Å². The molecule has 0 saturated carbocycles. The monoisotopic (exact) mass is 461 g/mol. The molecular formula is C19H35N5O6S. The Kier molecular flexibility index (Phi) is 13.5. The Morgan fingerprint density at radius 2 is 1.48 bits per heavy atom. The second-order valence-electron chi connectivity index (χ2n) is 7.71. The minimum atomic E-state index is -1.21. The summed E-state index contributed by atoms with van der Waals surface area (Å²) in [5.74, 6) is -3.12. The number of rotatable bonds is 15. The van der Waals surface area contributed by atoms with Crippen LogP contribution in [0.2, 0.25) is 0 Å². The number of thioether (sulfide) groups is 1. The number of carbonyl (C=O) groups excluding carboxylic acids is 4. The van der Waals surface area contributed by atoms with Gasteiger partial charge < -0.3 is 32.5 Å². The van der Waals surface area contributed by atoms with Gasteiger partial charge in [0, 0.05) is 6.42 Å². The zero-order valence-electron chi connectivity index (χ0n) is 18.5. The van der Waals surface area contributed by atoms with E-state index in [1.54, 1.807) is 0 Å². The summed E-state index contributed by atoms with van der Waals surface area (Å²) < 4.78 is 0. The topological polar surface area (TPSA) is 194 Å². The molecule has 0 spiro atoms. The molecule has 4 atom stereocenters. The van der Waals surface area contributed by atoms with Gasteiger partial charge in [-0.3, -0.25) is 19.2 Å². The molecule has 12 heteroatoms. The molecule has 0 aromatic heterocycles. The normalized spacial score (nSPS) is 14.8. The number of nitrogens with two attached hydrogens (primary N) is 2. The minimum Gasteiger partial charge on any atom is -0.480 e. The summed E-state index contributed by atoms with van der Waals surface area (Å²) in [6.45, 7) is 5.04. The standard InChI is InChI=1S/C19H35N5O6S/c1-10(2)9-14(19(29)30)24-18(28)13(5-6-15(21)25)23-16(26)11(3)22-17(27)12(20)7-8-31-4/h10-14H,5-9,20H2,1-4H3,(H2,21,25)(H,22,27)(H,23,26)(H,24,28)(H,29,30). The number of carboxylic acid groups (broad SMARTS) is 1. The van der Waals surface area contributed by atoms with Crippen molar-refractivity contribution in [3.05, 3.63) is 0 Å². The lowest BCUT2D eigenvalue weighted by Gasteiger charge is -2.24. The number of aliphatic carboxylic acids is 1. The van der Waals surface area contributed by atoms with Gasteiger partial charge in [-0.2, -0.15) is 11.8 Å². The van der Waals surface area contributed by atoms with Crippen molar-refractivity contribution in [2.24, 2.45) is 17.4 Å². The van der Waals surface area contributed by atoms with Gasteiger partial charge in [0.05, 0.1) is 6.04 Å². The van der Waals surface area contributed by atoms with Crippen molar-refractivity contribution in [3.63, 3.8) is 0 Å². The molecule has 0 rings (SSSR count). The molecule has 0 saturated heterocycles. The average Bonchev–Trinajstić information content (AvgIpc) is 2.67. The van der Waals surface area contributed by atoms with Gasteiger partial charge in [0.15, 0.2) is 0 Å². The molecule has 0 aliphatic rings. The van der Waals surface area contributed by atoms with Crippen LogP contribution in [0.1, 0.15) is 46.5 Å². The van der Waals surface area contributed by atoms with Crippen molar-refractivity contribution in [1.29, 1.82) is 0 Å². The van der Waals surface area contributed by atoms with Crippen molar-refractivity contribution < 1.29 is 29.1 Å². The van der Waals surface area contributed by atoms with Gasteiger partial charge in [-0.05, 0) is 44.1 Å². The van der Waals surface area contributed by atoms with Crippen LogP contribution in [0.15, 0.2) is 0 Å². The maximum Gasteiger partial charge on any atom is 0.326 e. The maximum atomic E-state index is 12.6. The van der Waals surface area contributed by atoms with Crippen LogP contribution in [0, 0.1) is 5.92 Å². The lowest BCUT2D eigenvalue weighted by atomic mass is 10.0. The first-order valence-electron chi connectivity index (χ1n) is 10.1. The predicted molar refractivity (Wildman–Crippen MR) is 118 cm³/mol. The van der Waals surface area contributed by atoms with E-state index in [1.807, 2.05) is 20.1 Å². The quantitative estimate of drug-likeness (QED) is 0.177. The van der Waals surface area contributed by atoms with Crippen molar-refractivity contribution in [2.45, 2.75) is 70.6 Å². The smallest absolute Gasteiger partial charge is 0.326 e. The third kappa shape index (κ3) is 12.2. The second-order valence-corrected chi connectivity index (χ2v) is 8.70. The lowest BCUT2D eigenvalue weighted by Crippen LogP contribution is -2.56. The van der Waals surface area contributed by atoms with Crippen LogP contribution < -0.4 is 27.4 Å². The van der Waals surface area contributed by atoms with Gasteiger partial charge in [0.25, 0.3) is 0 Å². The van der Waals surface area contributed by atoms with E-state index in [2.05, 4.69) is 16.0 Å². The Morgan fingerprint density at radius 3 is 1.97 bits per heavy atom. The van der Waals surface area contributed by atoms with E-state index < -0.39 is 53.8 Å². The fourth-order valence-electron chi connectivity index (χ4n) is 2.58. The number of hydrogen-bond donors (Lipinski definition) is 6. The van der Waals surface area contributed by atoms with E-state index in [4.69, 9.17) is 11.5 Å². The fraction of sp³-hybridized carbons (Fsp3) is 0.737. The minimum absolute atomic E-state index is 0.00520. The van der Waals surface area contributed by atoms with Crippen LogP contribution >= 0.6 is 11.8 Å². The van der Waals surface area contributed by atoms with Gasteiger partial charge in [-0.25, -0.2) is 4.79 Å². The number of nitrogens with one attached hydrogen (secondary N) is 3. The summed E-state index contributed by atoms with van der Waals surface area (Å²) in [4.78, 5) is 59.7. The second kappa shape index (κ2) is 14.6. The number of primary amides is 1. The molecule has 0 heterocycles. The molecule has 8 N–H and O–H groups in total. The molecule has 0 fully saturated rings. The Morgan fingerprint density at radius 1 is 0.903 bits per heavy atom. The molecule has 0 aromatic rings. The zero-order valence-corrected chi connectivity index (χ0v) is 19.3. The molecule has 31 heavy (non-hydrogen) atoms. The number of carbonyl (C=O) groups is 5. The van der Waals surface area contributed by atoms with Crippen molar-refractivity contribution in [3.8, 4) is 0 Å². The van der Waals surface area contributed by atoms with E-state index in [9.17, 15) is 29.1 Å². The lowest BCUT2D eigenvalue weighted by molar-refractivity contribution is -0.143. The van der Waals surface area contributed by atoms with Crippen LogP contribution in [0.3, 0.4) is 0 Å². The van der Waals surface area contributed by atoms with Gasteiger partial charge in [-0.15, -0.1) is 0 Å². The highest BCUT2D eigenvalue weighted by Gasteiger charge is 2.29. The van der Waals surface area contributed by atoms with Gasteiger partial charge >= 0.3 is 5.97 Å². The maximum absolute atomic E-state index is 12.6. The van der Waals surface area contributed by atoms with Crippen molar-refractivity contribution >= 4 is 41.4 Å². The third-order valence-electron chi connectivity index (χ3n) is 4.36. The molecule has 4 amide bonds. The first kappa shape index (κ1) is 28.7. The molecule has 0 aliphatic heterocycles. The molecule has 0 aliphatic carbocycles. The van der Waals surface area contributed by atoms with Crippen LogP contribution in [0.25, 0.3) is 0 Å². The van der Waals surface area contributed by atoms with Crippen LogP contribution in [0.4, 0.5) is 0 Å². The van der Waals surface area contributed by atoms with E-state index >= 15 is 0 Å². The van der Waals surface area contributed by atoms with Crippen molar-refractivity contribution in [2.75, 3.05) is 12.0 Å². The largest absolute Gasteiger partial charge is 0.480 e. The summed E-state index contributed by atoms with van der Waals surface area (Å²) in [5, 5.41) is 16.6. The predicted octanol–water partition coefficient (Wildman–Crippen LogP) is -1.06. The van der Waals surface area contributed by atoms with Crippen LogP contribution in [0.5, 0.6) is 0 Å². The third-order valence-corrected chi connectivity index (χ3v) is 5.00. The van der Waals surface area contributed by atoms with Gasteiger partial charge in [-0.1, -0.05) is 13.8 Å². The molecule has 0 radical (unpaired) electrons. The van der Waals surface area contributed by atoms with E-state index in [-0.39, 0.29) is 25.2 Å². The molecular weight excluding hydrogens is 426 g/mol. The Hall–Kier alpha value is -2.34.